The highest BCUT2D eigenvalue weighted by Gasteiger charge is 2.31. The second-order valence-electron chi connectivity index (χ2n) is 7.34. The van der Waals surface area contributed by atoms with Crippen molar-refractivity contribution in [2.75, 3.05) is 6.54 Å². The van der Waals surface area contributed by atoms with Crippen LogP contribution in [0.5, 0.6) is 0 Å². The molecule has 0 spiro atoms. The van der Waals surface area contributed by atoms with Crippen molar-refractivity contribution in [1.29, 1.82) is 0 Å². The first kappa shape index (κ1) is 12.4. The van der Waals surface area contributed by atoms with Gasteiger partial charge in [-0.1, -0.05) is 33.6 Å². The third-order valence-electron chi connectivity index (χ3n) is 4.97. The Morgan fingerprint density at radius 2 is 1.50 bits per heavy atom. The SMILES string of the molecule is CC1(C)CCC(NCC2(C)CCCC2)CC1. The van der Waals surface area contributed by atoms with Crippen LogP contribution in [-0.4, -0.2) is 12.6 Å². The highest BCUT2D eigenvalue weighted by atomic mass is 14.9. The van der Waals surface area contributed by atoms with E-state index in [1.54, 1.807) is 0 Å². The Labute approximate surface area is 101 Å². The van der Waals surface area contributed by atoms with Crippen LogP contribution in [0.2, 0.25) is 0 Å². The van der Waals surface area contributed by atoms with Crippen molar-refractivity contribution in [2.45, 2.75) is 78.2 Å². The standard InChI is InChI=1S/C15H29N/c1-14(2)10-6-13(7-11-14)16-12-15(3)8-4-5-9-15/h13,16H,4-12H2,1-3H3. The highest BCUT2D eigenvalue weighted by molar-refractivity contribution is 4.87. The summed E-state index contributed by atoms with van der Waals surface area (Å²) in [6.45, 7) is 8.57. The van der Waals surface area contributed by atoms with Crippen LogP contribution in [0.15, 0.2) is 0 Å². The van der Waals surface area contributed by atoms with E-state index >= 15 is 0 Å². The predicted molar refractivity (Wildman–Crippen MR) is 70.6 cm³/mol. The van der Waals surface area contributed by atoms with Gasteiger partial charge in [-0.05, 0) is 49.4 Å². The van der Waals surface area contributed by atoms with Crippen LogP contribution in [0, 0.1) is 10.8 Å². The van der Waals surface area contributed by atoms with Crippen LogP contribution in [0.25, 0.3) is 0 Å². The molecule has 0 atom stereocenters. The van der Waals surface area contributed by atoms with Gasteiger partial charge in [0, 0.05) is 12.6 Å². The summed E-state index contributed by atoms with van der Waals surface area (Å²) in [6, 6.07) is 0.811. The van der Waals surface area contributed by atoms with E-state index < -0.39 is 0 Å². The summed E-state index contributed by atoms with van der Waals surface area (Å²) in [5.74, 6) is 0. The first-order valence-electron chi connectivity index (χ1n) is 7.23. The van der Waals surface area contributed by atoms with Gasteiger partial charge in [-0.15, -0.1) is 0 Å². The number of hydrogen-bond donors (Lipinski definition) is 1. The van der Waals surface area contributed by atoms with Crippen LogP contribution in [0.1, 0.15) is 72.1 Å². The lowest BCUT2D eigenvalue weighted by Crippen LogP contribution is -2.40. The normalized spacial score (nSPS) is 29.4. The predicted octanol–water partition coefficient (Wildman–Crippen LogP) is 4.13. The van der Waals surface area contributed by atoms with Gasteiger partial charge in [0.05, 0.1) is 0 Å². The third-order valence-corrected chi connectivity index (χ3v) is 4.97. The van der Waals surface area contributed by atoms with Crippen molar-refractivity contribution >= 4 is 0 Å². The molecule has 0 heterocycles. The summed E-state index contributed by atoms with van der Waals surface area (Å²) in [5, 5.41) is 3.84. The van der Waals surface area contributed by atoms with E-state index in [1.165, 1.54) is 57.9 Å². The molecule has 0 saturated heterocycles. The minimum Gasteiger partial charge on any atom is -0.313 e. The average molecular weight is 223 g/mol. The molecular weight excluding hydrogens is 194 g/mol. The van der Waals surface area contributed by atoms with Gasteiger partial charge in [0.1, 0.15) is 0 Å². The molecule has 0 aromatic carbocycles. The van der Waals surface area contributed by atoms with E-state index in [0.717, 1.165) is 6.04 Å². The first-order chi connectivity index (χ1) is 7.49. The fourth-order valence-electron chi connectivity index (χ4n) is 3.40. The van der Waals surface area contributed by atoms with Crippen molar-refractivity contribution in [3.8, 4) is 0 Å². The van der Waals surface area contributed by atoms with Crippen LogP contribution in [0.3, 0.4) is 0 Å². The number of rotatable bonds is 3. The van der Waals surface area contributed by atoms with Crippen molar-refractivity contribution in [3.05, 3.63) is 0 Å². The lowest BCUT2D eigenvalue weighted by molar-refractivity contribution is 0.191. The summed E-state index contributed by atoms with van der Waals surface area (Å²) >= 11 is 0. The molecule has 2 aliphatic carbocycles. The van der Waals surface area contributed by atoms with Crippen molar-refractivity contribution in [2.24, 2.45) is 10.8 Å². The Bertz CT molecular complexity index is 216. The molecule has 2 saturated carbocycles. The summed E-state index contributed by atoms with van der Waals surface area (Å²) in [5.41, 5.74) is 1.22. The van der Waals surface area contributed by atoms with E-state index in [1.807, 2.05) is 0 Å². The van der Waals surface area contributed by atoms with Crippen LogP contribution in [-0.2, 0) is 0 Å². The average Bonchev–Trinajstić information content (AvgIpc) is 2.64. The number of hydrogen-bond acceptors (Lipinski definition) is 1. The minimum atomic E-state index is 0.607. The van der Waals surface area contributed by atoms with Crippen LogP contribution >= 0.6 is 0 Å². The maximum absolute atomic E-state index is 3.84. The molecule has 0 aromatic heterocycles. The Kier molecular flexibility index (Phi) is 3.63. The first-order valence-corrected chi connectivity index (χ1v) is 7.23. The zero-order chi connectivity index (χ0) is 11.6. The molecule has 2 rings (SSSR count). The largest absolute Gasteiger partial charge is 0.313 e. The lowest BCUT2D eigenvalue weighted by Gasteiger charge is -2.36. The molecule has 16 heavy (non-hydrogen) atoms. The molecule has 0 amide bonds. The van der Waals surface area contributed by atoms with E-state index in [0.29, 0.717) is 10.8 Å². The van der Waals surface area contributed by atoms with Crippen molar-refractivity contribution in [1.82, 2.24) is 5.32 Å². The second kappa shape index (κ2) is 4.68. The molecule has 0 unspecified atom stereocenters. The van der Waals surface area contributed by atoms with Gasteiger partial charge in [-0.25, -0.2) is 0 Å². The molecule has 2 fully saturated rings. The molecule has 2 aliphatic rings. The Morgan fingerprint density at radius 1 is 0.938 bits per heavy atom. The molecule has 0 radical (unpaired) electrons. The topological polar surface area (TPSA) is 12.0 Å². The van der Waals surface area contributed by atoms with Gasteiger partial charge < -0.3 is 5.32 Å². The van der Waals surface area contributed by atoms with E-state index in [-0.39, 0.29) is 0 Å². The van der Waals surface area contributed by atoms with Crippen LogP contribution < -0.4 is 5.32 Å². The summed E-state index contributed by atoms with van der Waals surface area (Å²) < 4.78 is 0. The molecule has 0 aliphatic heterocycles. The molecule has 1 nitrogen and oxygen atoms in total. The maximum Gasteiger partial charge on any atom is 0.00676 e. The van der Waals surface area contributed by atoms with Gasteiger partial charge in [-0.3, -0.25) is 0 Å². The van der Waals surface area contributed by atoms with Gasteiger partial charge in [-0.2, -0.15) is 0 Å². The van der Waals surface area contributed by atoms with Crippen molar-refractivity contribution in [3.63, 3.8) is 0 Å². The monoisotopic (exact) mass is 223 g/mol. The van der Waals surface area contributed by atoms with E-state index in [9.17, 15) is 0 Å². The fourth-order valence-corrected chi connectivity index (χ4v) is 3.40. The zero-order valence-corrected chi connectivity index (χ0v) is 11.4. The van der Waals surface area contributed by atoms with E-state index in [2.05, 4.69) is 26.1 Å². The summed E-state index contributed by atoms with van der Waals surface area (Å²) in [4.78, 5) is 0. The van der Waals surface area contributed by atoms with Gasteiger partial charge in [0.15, 0.2) is 0 Å². The third kappa shape index (κ3) is 3.23. The molecule has 94 valence electrons. The number of nitrogens with one attached hydrogen (secondary N) is 1. The summed E-state index contributed by atoms with van der Waals surface area (Å²) in [7, 11) is 0. The highest BCUT2D eigenvalue weighted by Crippen LogP contribution is 2.38. The molecular formula is C15H29N. The maximum atomic E-state index is 3.84. The van der Waals surface area contributed by atoms with Gasteiger partial charge in [0.25, 0.3) is 0 Å². The molecule has 1 heteroatoms. The smallest absolute Gasteiger partial charge is 0.00676 e. The Balaban J connectivity index is 1.71. The Hall–Kier alpha value is -0.0400. The summed E-state index contributed by atoms with van der Waals surface area (Å²) in [6.07, 6.45) is 11.4. The van der Waals surface area contributed by atoms with Gasteiger partial charge in [0.2, 0.25) is 0 Å². The minimum absolute atomic E-state index is 0.607. The fraction of sp³-hybridized carbons (Fsp3) is 1.00. The van der Waals surface area contributed by atoms with Crippen molar-refractivity contribution < 1.29 is 0 Å². The lowest BCUT2D eigenvalue weighted by atomic mass is 9.75. The van der Waals surface area contributed by atoms with Gasteiger partial charge >= 0.3 is 0 Å². The zero-order valence-electron chi connectivity index (χ0n) is 11.4. The van der Waals surface area contributed by atoms with Crippen LogP contribution in [0.4, 0.5) is 0 Å². The quantitative estimate of drug-likeness (QED) is 0.758. The molecule has 0 aromatic rings. The molecule has 0 bridgehead atoms. The second-order valence-corrected chi connectivity index (χ2v) is 7.34. The Morgan fingerprint density at radius 3 is 2.06 bits per heavy atom. The van der Waals surface area contributed by atoms with E-state index in [4.69, 9.17) is 0 Å². The molecule has 1 N–H and O–H groups in total.